The van der Waals surface area contributed by atoms with Crippen LogP contribution in [0.25, 0.3) is 0 Å². The van der Waals surface area contributed by atoms with Gasteiger partial charge in [-0.15, -0.1) is 11.3 Å². The largest absolute Gasteiger partial charge is 0.342 e. The van der Waals surface area contributed by atoms with Crippen molar-refractivity contribution in [2.45, 2.75) is 13.8 Å². The summed E-state index contributed by atoms with van der Waals surface area (Å²) in [7, 11) is 0. The third kappa shape index (κ3) is 4.07. The SMILES string of the molecule is CC(C)C(=O)N1CCN(C(=O)CNC(=O)c2cccs2)CC1. The second-order valence-electron chi connectivity index (χ2n) is 5.52. The molecule has 1 fully saturated rings. The Morgan fingerprint density at radius 1 is 1.18 bits per heavy atom. The minimum Gasteiger partial charge on any atom is -0.342 e. The molecule has 6 nitrogen and oxygen atoms in total. The number of piperazine rings is 1. The Kier molecular flexibility index (Phi) is 5.54. The first-order valence-electron chi connectivity index (χ1n) is 7.37. The van der Waals surface area contributed by atoms with Crippen LogP contribution in [0.4, 0.5) is 0 Å². The number of thiophene rings is 1. The lowest BCUT2D eigenvalue weighted by molar-refractivity contribution is -0.140. The van der Waals surface area contributed by atoms with Gasteiger partial charge < -0.3 is 15.1 Å². The number of carbonyl (C=O) groups is 3. The van der Waals surface area contributed by atoms with Gasteiger partial charge in [0, 0.05) is 32.1 Å². The maximum absolute atomic E-state index is 12.1. The molecule has 120 valence electrons. The summed E-state index contributed by atoms with van der Waals surface area (Å²) in [5.74, 6) is -0.232. The summed E-state index contributed by atoms with van der Waals surface area (Å²) < 4.78 is 0. The van der Waals surface area contributed by atoms with Gasteiger partial charge in [0.15, 0.2) is 0 Å². The molecule has 7 heteroatoms. The summed E-state index contributed by atoms with van der Waals surface area (Å²) in [6, 6.07) is 3.52. The van der Waals surface area contributed by atoms with Crippen LogP contribution in [0.3, 0.4) is 0 Å². The van der Waals surface area contributed by atoms with Gasteiger partial charge in [-0.3, -0.25) is 14.4 Å². The van der Waals surface area contributed by atoms with E-state index in [4.69, 9.17) is 0 Å². The first kappa shape index (κ1) is 16.5. The van der Waals surface area contributed by atoms with Gasteiger partial charge in [0.2, 0.25) is 11.8 Å². The zero-order chi connectivity index (χ0) is 16.1. The molecule has 1 aliphatic rings. The van der Waals surface area contributed by atoms with Crippen LogP contribution in [-0.2, 0) is 9.59 Å². The van der Waals surface area contributed by atoms with Crippen LogP contribution in [0.1, 0.15) is 23.5 Å². The zero-order valence-corrected chi connectivity index (χ0v) is 13.7. The Morgan fingerprint density at radius 2 is 1.82 bits per heavy atom. The molecule has 0 saturated carbocycles. The van der Waals surface area contributed by atoms with Gasteiger partial charge in [0.25, 0.3) is 5.91 Å². The molecule has 1 aliphatic heterocycles. The number of hydrogen-bond acceptors (Lipinski definition) is 4. The molecule has 0 bridgehead atoms. The lowest BCUT2D eigenvalue weighted by Gasteiger charge is -2.35. The fourth-order valence-corrected chi connectivity index (χ4v) is 2.94. The van der Waals surface area contributed by atoms with Gasteiger partial charge in [-0.05, 0) is 11.4 Å². The molecule has 1 saturated heterocycles. The molecule has 2 rings (SSSR count). The molecule has 2 heterocycles. The summed E-state index contributed by atoms with van der Waals surface area (Å²) in [5.41, 5.74) is 0. The number of amides is 3. The average Bonchev–Trinajstić information content (AvgIpc) is 3.06. The van der Waals surface area contributed by atoms with E-state index >= 15 is 0 Å². The number of hydrogen-bond donors (Lipinski definition) is 1. The molecule has 0 unspecified atom stereocenters. The summed E-state index contributed by atoms with van der Waals surface area (Å²) >= 11 is 1.34. The van der Waals surface area contributed by atoms with Crippen molar-refractivity contribution in [1.29, 1.82) is 0 Å². The number of carbonyl (C=O) groups excluding carboxylic acids is 3. The maximum Gasteiger partial charge on any atom is 0.261 e. The third-order valence-electron chi connectivity index (χ3n) is 3.58. The summed E-state index contributed by atoms with van der Waals surface area (Å²) in [6.07, 6.45) is 0. The highest BCUT2D eigenvalue weighted by atomic mass is 32.1. The van der Waals surface area contributed by atoms with Crippen LogP contribution in [0.2, 0.25) is 0 Å². The van der Waals surface area contributed by atoms with Crippen molar-refractivity contribution >= 4 is 29.1 Å². The van der Waals surface area contributed by atoms with Gasteiger partial charge in [0.1, 0.15) is 0 Å². The highest BCUT2D eigenvalue weighted by molar-refractivity contribution is 7.12. The molecule has 22 heavy (non-hydrogen) atoms. The van der Waals surface area contributed by atoms with E-state index in [1.165, 1.54) is 11.3 Å². The van der Waals surface area contributed by atoms with Gasteiger partial charge >= 0.3 is 0 Å². The Morgan fingerprint density at radius 3 is 2.36 bits per heavy atom. The maximum atomic E-state index is 12.1. The van der Waals surface area contributed by atoms with E-state index in [0.717, 1.165) is 0 Å². The Bertz CT molecular complexity index is 534. The Hall–Kier alpha value is -1.89. The predicted molar refractivity (Wildman–Crippen MR) is 84.7 cm³/mol. The zero-order valence-electron chi connectivity index (χ0n) is 12.9. The smallest absolute Gasteiger partial charge is 0.261 e. The first-order chi connectivity index (χ1) is 10.5. The average molecular weight is 323 g/mol. The minimum absolute atomic E-state index is 0.00510. The van der Waals surface area contributed by atoms with Crippen molar-refractivity contribution in [2.24, 2.45) is 5.92 Å². The summed E-state index contributed by atoms with van der Waals surface area (Å²) in [5, 5.41) is 4.46. The monoisotopic (exact) mass is 323 g/mol. The summed E-state index contributed by atoms with van der Waals surface area (Å²) in [4.78, 5) is 39.8. The number of rotatable bonds is 4. The topological polar surface area (TPSA) is 69.7 Å². The highest BCUT2D eigenvalue weighted by Crippen LogP contribution is 2.09. The van der Waals surface area contributed by atoms with Gasteiger partial charge in [-0.25, -0.2) is 0 Å². The molecule has 0 atom stereocenters. The minimum atomic E-state index is -0.225. The summed E-state index contributed by atoms with van der Waals surface area (Å²) in [6.45, 7) is 5.90. The number of nitrogens with one attached hydrogen (secondary N) is 1. The van der Waals surface area contributed by atoms with Crippen LogP contribution < -0.4 is 5.32 Å². The normalized spacial score (nSPS) is 15.0. The van der Waals surface area contributed by atoms with E-state index in [1.807, 2.05) is 19.2 Å². The Balaban J connectivity index is 1.76. The standard InChI is InChI=1S/C15H21N3O3S/c1-11(2)15(21)18-7-5-17(6-8-18)13(19)10-16-14(20)12-4-3-9-22-12/h3-4,9,11H,5-8,10H2,1-2H3,(H,16,20). The lowest BCUT2D eigenvalue weighted by Crippen LogP contribution is -2.53. The van der Waals surface area contributed by atoms with E-state index in [9.17, 15) is 14.4 Å². The van der Waals surface area contributed by atoms with E-state index < -0.39 is 0 Å². The quantitative estimate of drug-likeness (QED) is 0.891. The second kappa shape index (κ2) is 7.40. The number of nitrogens with zero attached hydrogens (tertiary/aromatic N) is 2. The molecular weight excluding hydrogens is 302 g/mol. The molecule has 0 radical (unpaired) electrons. The van der Waals surface area contributed by atoms with Crippen molar-refractivity contribution in [3.05, 3.63) is 22.4 Å². The molecule has 0 aromatic carbocycles. The fourth-order valence-electron chi connectivity index (χ4n) is 2.30. The van der Waals surface area contributed by atoms with E-state index in [1.54, 1.807) is 21.9 Å². The molecule has 1 N–H and O–H groups in total. The second-order valence-corrected chi connectivity index (χ2v) is 6.47. The van der Waals surface area contributed by atoms with Crippen LogP contribution in [-0.4, -0.2) is 60.2 Å². The van der Waals surface area contributed by atoms with E-state index in [-0.39, 0.29) is 30.2 Å². The van der Waals surface area contributed by atoms with Crippen molar-refractivity contribution in [3.63, 3.8) is 0 Å². The van der Waals surface area contributed by atoms with Crippen molar-refractivity contribution in [2.75, 3.05) is 32.7 Å². The predicted octanol–water partition coefficient (Wildman–Crippen LogP) is 0.805. The first-order valence-corrected chi connectivity index (χ1v) is 8.25. The lowest BCUT2D eigenvalue weighted by atomic mass is 10.1. The van der Waals surface area contributed by atoms with Gasteiger partial charge in [0.05, 0.1) is 11.4 Å². The molecule has 3 amide bonds. The van der Waals surface area contributed by atoms with Crippen LogP contribution in [0.5, 0.6) is 0 Å². The molecular formula is C15H21N3O3S. The highest BCUT2D eigenvalue weighted by Gasteiger charge is 2.25. The van der Waals surface area contributed by atoms with Crippen LogP contribution in [0, 0.1) is 5.92 Å². The Labute approximate surface area is 134 Å². The van der Waals surface area contributed by atoms with Crippen molar-refractivity contribution < 1.29 is 14.4 Å². The van der Waals surface area contributed by atoms with Crippen molar-refractivity contribution in [1.82, 2.24) is 15.1 Å². The van der Waals surface area contributed by atoms with E-state index in [0.29, 0.717) is 31.1 Å². The van der Waals surface area contributed by atoms with E-state index in [2.05, 4.69) is 5.32 Å². The fraction of sp³-hybridized carbons (Fsp3) is 0.533. The molecule has 1 aromatic heterocycles. The van der Waals surface area contributed by atoms with Crippen LogP contribution >= 0.6 is 11.3 Å². The molecule has 0 aliphatic carbocycles. The van der Waals surface area contributed by atoms with Gasteiger partial charge in [-0.1, -0.05) is 19.9 Å². The molecule has 0 spiro atoms. The van der Waals surface area contributed by atoms with Crippen LogP contribution in [0.15, 0.2) is 17.5 Å². The van der Waals surface area contributed by atoms with Gasteiger partial charge in [-0.2, -0.15) is 0 Å². The van der Waals surface area contributed by atoms with Crippen molar-refractivity contribution in [3.8, 4) is 0 Å². The third-order valence-corrected chi connectivity index (χ3v) is 4.45. The molecule has 1 aromatic rings.